The number of pyridine rings is 1. The third-order valence-corrected chi connectivity index (χ3v) is 3.24. The number of aliphatic hydroxyl groups is 1. The summed E-state index contributed by atoms with van der Waals surface area (Å²) < 4.78 is 13.0. The first-order valence-corrected chi connectivity index (χ1v) is 6.01. The Morgan fingerprint density at radius 3 is 2.67 bits per heavy atom. The van der Waals surface area contributed by atoms with E-state index in [1.54, 1.807) is 6.20 Å². The van der Waals surface area contributed by atoms with Crippen molar-refractivity contribution in [1.29, 1.82) is 0 Å². The molecule has 0 aliphatic carbocycles. The molecule has 0 saturated heterocycles. The van der Waals surface area contributed by atoms with Gasteiger partial charge in [0.15, 0.2) is 0 Å². The lowest BCUT2D eigenvalue weighted by atomic mass is 9.94. The van der Waals surface area contributed by atoms with Gasteiger partial charge in [0, 0.05) is 22.8 Å². The highest BCUT2D eigenvalue weighted by Gasteiger charge is 2.21. The molecule has 18 heavy (non-hydrogen) atoms. The van der Waals surface area contributed by atoms with Crippen molar-refractivity contribution in [2.75, 3.05) is 0 Å². The average molecular weight is 266 g/mol. The number of aliphatic hydroxyl groups excluding tert-OH is 1. The number of aromatic nitrogens is 1. The van der Waals surface area contributed by atoms with Crippen LogP contribution >= 0.6 is 11.6 Å². The molecule has 0 aliphatic rings. The van der Waals surface area contributed by atoms with Crippen LogP contribution in [0.3, 0.4) is 0 Å². The first-order valence-electron chi connectivity index (χ1n) is 5.63. The zero-order chi connectivity index (χ0) is 13.1. The van der Waals surface area contributed by atoms with Crippen LogP contribution in [-0.2, 0) is 0 Å². The van der Waals surface area contributed by atoms with Gasteiger partial charge in [-0.25, -0.2) is 4.39 Å². The van der Waals surface area contributed by atoms with E-state index in [2.05, 4.69) is 4.98 Å². The van der Waals surface area contributed by atoms with Gasteiger partial charge in [-0.2, -0.15) is 0 Å². The number of nitrogens with zero attached hydrogens (tertiary/aromatic N) is 1. The van der Waals surface area contributed by atoms with Crippen molar-refractivity contribution in [1.82, 2.24) is 4.98 Å². The standard InChI is InChI=1S/C14H13ClFNO/c1-9(13-4-2-3-7-17-13)14(18)11-6-5-10(16)8-12(11)15/h2-9,14,18H,1H3. The molecule has 2 unspecified atom stereocenters. The molecule has 1 heterocycles. The predicted molar refractivity (Wildman–Crippen MR) is 69.0 cm³/mol. The fourth-order valence-electron chi connectivity index (χ4n) is 1.82. The predicted octanol–water partition coefficient (Wildman–Crippen LogP) is 3.71. The van der Waals surface area contributed by atoms with Crippen molar-refractivity contribution >= 4 is 11.6 Å². The van der Waals surface area contributed by atoms with E-state index in [1.807, 2.05) is 25.1 Å². The van der Waals surface area contributed by atoms with Gasteiger partial charge in [-0.15, -0.1) is 0 Å². The maximum absolute atomic E-state index is 13.0. The zero-order valence-electron chi connectivity index (χ0n) is 9.85. The van der Waals surface area contributed by atoms with Crippen LogP contribution in [0.15, 0.2) is 42.6 Å². The Hall–Kier alpha value is -1.45. The first kappa shape index (κ1) is 13.0. The summed E-state index contributed by atoms with van der Waals surface area (Å²) in [5.74, 6) is -0.629. The van der Waals surface area contributed by atoms with E-state index in [0.29, 0.717) is 5.56 Å². The number of halogens is 2. The normalized spacial score (nSPS) is 14.2. The summed E-state index contributed by atoms with van der Waals surface area (Å²) in [6, 6.07) is 9.50. The van der Waals surface area contributed by atoms with Gasteiger partial charge in [-0.3, -0.25) is 4.98 Å². The van der Waals surface area contributed by atoms with Gasteiger partial charge in [-0.05, 0) is 29.8 Å². The lowest BCUT2D eigenvalue weighted by Crippen LogP contribution is -2.09. The molecule has 1 N–H and O–H groups in total. The summed E-state index contributed by atoms with van der Waals surface area (Å²) in [6.45, 7) is 1.85. The zero-order valence-corrected chi connectivity index (χ0v) is 10.6. The molecule has 0 spiro atoms. The summed E-state index contributed by atoms with van der Waals surface area (Å²) in [5.41, 5.74) is 1.28. The van der Waals surface area contributed by atoms with E-state index in [0.717, 1.165) is 5.69 Å². The SMILES string of the molecule is CC(c1ccccn1)C(O)c1ccc(F)cc1Cl. The van der Waals surface area contributed by atoms with E-state index < -0.39 is 11.9 Å². The molecule has 2 atom stereocenters. The summed E-state index contributed by atoms with van der Waals surface area (Å²) in [5, 5.41) is 10.5. The monoisotopic (exact) mass is 265 g/mol. The molecule has 0 saturated carbocycles. The quantitative estimate of drug-likeness (QED) is 0.918. The van der Waals surface area contributed by atoms with E-state index >= 15 is 0 Å². The molecule has 2 rings (SSSR count). The van der Waals surface area contributed by atoms with Crippen LogP contribution in [0.2, 0.25) is 5.02 Å². The Morgan fingerprint density at radius 2 is 2.06 bits per heavy atom. The Bertz CT molecular complexity index is 533. The van der Waals surface area contributed by atoms with Crippen molar-refractivity contribution in [2.24, 2.45) is 0 Å². The largest absolute Gasteiger partial charge is 0.388 e. The lowest BCUT2D eigenvalue weighted by molar-refractivity contribution is 0.150. The molecule has 0 bridgehead atoms. The van der Waals surface area contributed by atoms with Gasteiger partial charge < -0.3 is 5.11 Å². The Labute approximate surface area is 110 Å². The Morgan fingerprint density at radius 1 is 1.28 bits per heavy atom. The van der Waals surface area contributed by atoms with Crippen molar-refractivity contribution in [3.05, 3.63) is 64.7 Å². The highest BCUT2D eigenvalue weighted by Crippen LogP contribution is 2.33. The minimum atomic E-state index is -0.812. The van der Waals surface area contributed by atoms with Crippen LogP contribution in [0, 0.1) is 5.82 Å². The maximum Gasteiger partial charge on any atom is 0.124 e. The lowest BCUT2D eigenvalue weighted by Gasteiger charge is -2.19. The van der Waals surface area contributed by atoms with E-state index in [1.165, 1.54) is 18.2 Å². The molecular weight excluding hydrogens is 253 g/mol. The van der Waals surface area contributed by atoms with Crippen LogP contribution in [0.4, 0.5) is 4.39 Å². The van der Waals surface area contributed by atoms with Gasteiger partial charge in [0.2, 0.25) is 0 Å². The van der Waals surface area contributed by atoms with Gasteiger partial charge in [0.1, 0.15) is 5.82 Å². The molecule has 1 aromatic heterocycles. The molecule has 1 aromatic carbocycles. The summed E-state index contributed by atoms with van der Waals surface area (Å²) in [7, 11) is 0. The van der Waals surface area contributed by atoms with Crippen LogP contribution in [0.5, 0.6) is 0 Å². The number of benzene rings is 1. The van der Waals surface area contributed by atoms with Crippen LogP contribution < -0.4 is 0 Å². The van der Waals surface area contributed by atoms with Crippen molar-refractivity contribution in [3.8, 4) is 0 Å². The third kappa shape index (κ3) is 2.68. The van der Waals surface area contributed by atoms with Crippen LogP contribution in [-0.4, -0.2) is 10.1 Å². The number of rotatable bonds is 3. The fraction of sp³-hybridized carbons (Fsp3) is 0.214. The third-order valence-electron chi connectivity index (χ3n) is 2.91. The van der Waals surface area contributed by atoms with Crippen LogP contribution in [0.1, 0.15) is 30.2 Å². The topological polar surface area (TPSA) is 33.1 Å². The Balaban J connectivity index is 2.28. The molecule has 94 valence electrons. The molecular formula is C14H13ClFNO. The van der Waals surface area contributed by atoms with E-state index in [-0.39, 0.29) is 10.9 Å². The highest BCUT2D eigenvalue weighted by molar-refractivity contribution is 6.31. The summed E-state index contributed by atoms with van der Waals surface area (Å²) in [4.78, 5) is 4.20. The summed E-state index contributed by atoms with van der Waals surface area (Å²) in [6.07, 6.45) is 0.859. The van der Waals surface area contributed by atoms with Gasteiger partial charge in [0.05, 0.1) is 6.10 Å². The minimum Gasteiger partial charge on any atom is -0.388 e. The van der Waals surface area contributed by atoms with Crippen LogP contribution in [0.25, 0.3) is 0 Å². The minimum absolute atomic E-state index is 0.214. The average Bonchev–Trinajstić information content (AvgIpc) is 2.38. The molecule has 2 nitrogen and oxygen atoms in total. The summed E-state index contributed by atoms with van der Waals surface area (Å²) >= 11 is 5.94. The van der Waals surface area contributed by atoms with Gasteiger partial charge in [-0.1, -0.05) is 30.7 Å². The van der Waals surface area contributed by atoms with Crippen molar-refractivity contribution in [2.45, 2.75) is 18.9 Å². The smallest absolute Gasteiger partial charge is 0.124 e. The Kier molecular flexibility index (Phi) is 3.94. The fourth-order valence-corrected chi connectivity index (χ4v) is 2.10. The first-order chi connectivity index (χ1) is 8.59. The molecule has 0 aliphatic heterocycles. The second-order valence-electron chi connectivity index (χ2n) is 4.15. The van der Waals surface area contributed by atoms with E-state index in [4.69, 9.17) is 11.6 Å². The van der Waals surface area contributed by atoms with E-state index in [9.17, 15) is 9.50 Å². The van der Waals surface area contributed by atoms with Crippen molar-refractivity contribution in [3.63, 3.8) is 0 Å². The number of hydrogen-bond donors (Lipinski definition) is 1. The van der Waals surface area contributed by atoms with Crippen molar-refractivity contribution < 1.29 is 9.50 Å². The maximum atomic E-state index is 13.0. The molecule has 0 radical (unpaired) electrons. The molecule has 4 heteroatoms. The molecule has 2 aromatic rings. The molecule has 0 fully saturated rings. The van der Waals surface area contributed by atoms with Gasteiger partial charge in [0.25, 0.3) is 0 Å². The second-order valence-corrected chi connectivity index (χ2v) is 4.56. The number of hydrogen-bond acceptors (Lipinski definition) is 2. The molecule has 0 amide bonds. The highest BCUT2D eigenvalue weighted by atomic mass is 35.5. The second kappa shape index (κ2) is 5.46. The van der Waals surface area contributed by atoms with Gasteiger partial charge >= 0.3 is 0 Å².